The molecule has 0 bridgehead atoms. The van der Waals surface area contributed by atoms with Crippen LogP contribution in [0.2, 0.25) is 0 Å². The highest BCUT2D eigenvalue weighted by Crippen LogP contribution is 2.71. The number of rotatable bonds is 0. The molecule has 2 saturated carbocycles. The normalized spacial score (nSPS) is 59.5. The molecule has 0 N–H and O–H groups in total. The molecular weight excluding hydrogens is 312 g/mol. The lowest BCUT2D eigenvalue weighted by Gasteiger charge is -2.60. The van der Waals surface area contributed by atoms with E-state index in [9.17, 15) is 0 Å². The summed E-state index contributed by atoms with van der Waals surface area (Å²) in [5, 5.41) is 0. The zero-order valence-corrected chi connectivity index (χ0v) is 11.6. The summed E-state index contributed by atoms with van der Waals surface area (Å²) >= 11 is 9.86. The molecule has 0 aromatic heterocycles. The molecule has 13 heavy (non-hydrogen) atoms. The fraction of sp³-hybridized carbons (Fsp3) is 1.00. The van der Waals surface area contributed by atoms with Crippen LogP contribution in [0.4, 0.5) is 0 Å². The van der Waals surface area contributed by atoms with E-state index < -0.39 is 0 Å². The van der Waals surface area contributed by atoms with E-state index in [0.29, 0.717) is 0 Å². The highest BCUT2D eigenvalue weighted by atomic mass is 79.9. The summed E-state index contributed by atoms with van der Waals surface area (Å²) in [5.41, 5.74) is 1.49. The molecule has 2 aliphatic carbocycles. The first-order valence-corrected chi connectivity index (χ1v) is 8.02. The monoisotopic (exact) mass is 324 g/mol. The van der Waals surface area contributed by atoms with Crippen molar-refractivity contribution in [3.63, 3.8) is 0 Å². The maximum Gasteiger partial charge on any atom is 0.0277 e. The van der Waals surface area contributed by atoms with Crippen molar-refractivity contribution in [2.24, 2.45) is 10.8 Å². The molecule has 0 spiro atoms. The van der Waals surface area contributed by atoms with E-state index in [-0.39, 0.29) is 0 Å². The minimum absolute atomic E-state index is 0.722. The molecule has 1 saturated heterocycles. The summed E-state index contributed by atoms with van der Waals surface area (Å²) < 4.78 is 0. The minimum atomic E-state index is 0.722. The molecule has 0 aromatic rings. The lowest BCUT2D eigenvalue weighted by molar-refractivity contribution is -0.0640. The second-order valence-electron chi connectivity index (χ2n) is 4.99. The van der Waals surface area contributed by atoms with Crippen LogP contribution in [-0.4, -0.2) is 21.2 Å². The second kappa shape index (κ2) is 2.91. The summed E-state index contributed by atoms with van der Waals surface area (Å²) in [6.07, 6.45) is 5.83. The Morgan fingerprint density at radius 1 is 0.923 bits per heavy atom. The van der Waals surface area contributed by atoms with Gasteiger partial charge >= 0.3 is 0 Å². The average molecular weight is 326 g/mol. The van der Waals surface area contributed by atoms with Crippen molar-refractivity contribution in [3.8, 4) is 0 Å². The quantitative estimate of drug-likeness (QED) is 0.610. The molecule has 74 valence electrons. The molecule has 1 aliphatic heterocycles. The second-order valence-corrected chi connectivity index (χ2v) is 8.33. The molecule has 3 rings (SSSR count). The number of hydrogen-bond donors (Lipinski definition) is 0. The average Bonchev–Trinajstić information content (AvgIpc) is 2.33. The molecular formula is C10H14Br2S. The van der Waals surface area contributed by atoms with Crippen LogP contribution in [0.5, 0.6) is 0 Å². The zero-order chi connectivity index (χ0) is 9.10. The van der Waals surface area contributed by atoms with Crippen LogP contribution in [-0.2, 0) is 0 Å². The topological polar surface area (TPSA) is 0 Å². The summed E-state index contributed by atoms with van der Waals surface area (Å²) in [6.45, 7) is 0. The van der Waals surface area contributed by atoms with E-state index in [1.165, 1.54) is 37.2 Å². The third-order valence-electron chi connectivity index (χ3n) is 4.53. The molecule has 0 radical (unpaired) electrons. The van der Waals surface area contributed by atoms with E-state index in [1.807, 2.05) is 0 Å². The van der Waals surface area contributed by atoms with Crippen LogP contribution in [0, 0.1) is 10.8 Å². The number of alkyl halides is 2. The summed E-state index contributed by atoms with van der Waals surface area (Å²) in [7, 11) is 0. The van der Waals surface area contributed by atoms with Crippen molar-refractivity contribution in [1.29, 1.82) is 0 Å². The van der Waals surface area contributed by atoms with E-state index in [1.54, 1.807) is 0 Å². The van der Waals surface area contributed by atoms with Gasteiger partial charge in [0.25, 0.3) is 0 Å². The van der Waals surface area contributed by atoms with E-state index >= 15 is 0 Å². The van der Waals surface area contributed by atoms with Gasteiger partial charge in [-0.15, -0.1) is 0 Å². The third-order valence-corrected chi connectivity index (χ3v) is 8.67. The maximum atomic E-state index is 3.83. The molecule has 0 aromatic carbocycles. The van der Waals surface area contributed by atoms with Gasteiger partial charge in [-0.05, 0) is 48.0 Å². The minimum Gasteiger partial charge on any atom is -0.161 e. The van der Waals surface area contributed by atoms with Gasteiger partial charge in [0, 0.05) is 9.65 Å². The van der Waals surface area contributed by atoms with Gasteiger partial charge in [0.05, 0.1) is 0 Å². The van der Waals surface area contributed by atoms with Crippen molar-refractivity contribution >= 4 is 43.6 Å². The number of thioether (sulfide) groups is 1. The van der Waals surface area contributed by atoms with Gasteiger partial charge in [-0.3, -0.25) is 0 Å². The fourth-order valence-electron chi connectivity index (χ4n) is 3.48. The summed E-state index contributed by atoms with van der Waals surface area (Å²) in [4.78, 5) is 1.44. The lowest BCUT2D eigenvalue weighted by atomic mass is 9.46. The van der Waals surface area contributed by atoms with Crippen LogP contribution < -0.4 is 0 Å². The number of halogens is 2. The van der Waals surface area contributed by atoms with Gasteiger partial charge in [-0.1, -0.05) is 31.9 Å². The van der Waals surface area contributed by atoms with Crippen molar-refractivity contribution < 1.29 is 0 Å². The van der Waals surface area contributed by atoms with Gasteiger partial charge in [0.2, 0.25) is 0 Å². The largest absolute Gasteiger partial charge is 0.161 e. The van der Waals surface area contributed by atoms with E-state index in [0.717, 1.165) is 20.5 Å². The van der Waals surface area contributed by atoms with E-state index in [2.05, 4.69) is 43.6 Å². The SMILES string of the molecule is Br[C@@H]1C[C@@]23CC[C@]2(CSC3)C[C@@H]1Br. The molecule has 0 nitrogen and oxygen atoms in total. The summed E-state index contributed by atoms with van der Waals surface area (Å²) in [5.74, 6) is 2.88. The Labute approximate surface area is 101 Å². The van der Waals surface area contributed by atoms with Crippen LogP contribution in [0.25, 0.3) is 0 Å². The molecule has 1 heterocycles. The Kier molecular flexibility index (Phi) is 2.14. The Morgan fingerprint density at radius 3 is 1.77 bits per heavy atom. The predicted octanol–water partition coefficient (Wildman–Crippen LogP) is 3.82. The molecule has 0 amide bonds. The van der Waals surface area contributed by atoms with Gasteiger partial charge in [0.1, 0.15) is 0 Å². The highest BCUT2D eigenvalue weighted by Gasteiger charge is 2.64. The number of hydrogen-bond acceptors (Lipinski definition) is 1. The molecule has 3 fully saturated rings. The third kappa shape index (κ3) is 1.10. The van der Waals surface area contributed by atoms with Gasteiger partial charge in [0.15, 0.2) is 0 Å². The van der Waals surface area contributed by atoms with Crippen molar-refractivity contribution in [1.82, 2.24) is 0 Å². The lowest BCUT2D eigenvalue weighted by Crippen LogP contribution is -2.57. The summed E-state index contributed by atoms with van der Waals surface area (Å²) in [6, 6.07) is 0. The molecule has 0 unspecified atom stereocenters. The molecule has 4 atom stereocenters. The fourth-order valence-corrected chi connectivity index (χ4v) is 7.12. The maximum absolute atomic E-state index is 3.83. The van der Waals surface area contributed by atoms with Crippen molar-refractivity contribution in [2.75, 3.05) is 11.5 Å². The first-order valence-electron chi connectivity index (χ1n) is 5.03. The first kappa shape index (κ1) is 9.53. The van der Waals surface area contributed by atoms with Crippen molar-refractivity contribution in [3.05, 3.63) is 0 Å². The Morgan fingerprint density at radius 2 is 1.38 bits per heavy atom. The molecule has 3 heteroatoms. The van der Waals surface area contributed by atoms with Gasteiger partial charge < -0.3 is 0 Å². The molecule has 3 aliphatic rings. The van der Waals surface area contributed by atoms with E-state index in [4.69, 9.17) is 0 Å². The van der Waals surface area contributed by atoms with Crippen LogP contribution >= 0.6 is 43.6 Å². The van der Waals surface area contributed by atoms with Crippen LogP contribution in [0.15, 0.2) is 0 Å². The first-order chi connectivity index (χ1) is 6.18. The van der Waals surface area contributed by atoms with Crippen molar-refractivity contribution in [2.45, 2.75) is 35.3 Å². The Hall–Kier alpha value is 1.31. The van der Waals surface area contributed by atoms with Crippen LogP contribution in [0.1, 0.15) is 25.7 Å². The zero-order valence-electron chi connectivity index (χ0n) is 7.56. The highest BCUT2D eigenvalue weighted by molar-refractivity contribution is 9.12. The van der Waals surface area contributed by atoms with Gasteiger partial charge in [-0.2, -0.15) is 11.8 Å². The predicted molar refractivity (Wildman–Crippen MR) is 66.1 cm³/mol. The standard InChI is InChI=1S/C10H14Br2S/c11-7-3-9-1-2-10(9,4-8(7)12)6-13-5-9/h7-8H,1-6H2/t7-,8+,9-,10-/m1/s1. The smallest absolute Gasteiger partial charge is 0.0277 e. The Bertz CT molecular complexity index is 221. The Balaban J connectivity index is 1.92. The van der Waals surface area contributed by atoms with Gasteiger partial charge in [-0.25, -0.2) is 0 Å². The van der Waals surface area contributed by atoms with Crippen LogP contribution in [0.3, 0.4) is 0 Å².